The molecule has 2 aromatic rings. The Bertz CT molecular complexity index is 685. The van der Waals surface area contributed by atoms with Crippen LogP contribution in [-0.4, -0.2) is 25.7 Å². The van der Waals surface area contributed by atoms with Crippen molar-refractivity contribution < 1.29 is 9.15 Å². The number of hydrogen-bond acceptors (Lipinski definition) is 3. The first kappa shape index (κ1) is 21.3. The first-order valence-electron chi connectivity index (χ1n) is 8.24. The molecule has 0 fully saturated rings. The predicted molar refractivity (Wildman–Crippen MR) is 113 cm³/mol. The highest BCUT2D eigenvalue weighted by Gasteiger charge is 2.12. The number of rotatable bonds is 6. The molecular weight excluding hydrogens is 429 g/mol. The Morgan fingerprint density at radius 3 is 2.56 bits per heavy atom. The number of benzene rings is 1. The molecule has 0 saturated heterocycles. The lowest BCUT2D eigenvalue weighted by Crippen LogP contribution is -2.42. The lowest BCUT2D eigenvalue weighted by atomic mass is 10.2. The Hall–Kier alpha value is -1.70. The van der Waals surface area contributed by atoms with Crippen LogP contribution in [0.15, 0.2) is 45.8 Å². The number of furan rings is 1. The summed E-state index contributed by atoms with van der Waals surface area (Å²) in [6, 6.07) is 12.0. The third-order valence-electron chi connectivity index (χ3n) is 3.65. The van der Waals surface area contributed by atoms with Gasteiger partial charge < -0.3 is 19.8 Å². The average molecular weight is 457 g/mol. The molecule has 0 aliphatic carbocycles. The third-order valence-corrected chi connectivity index (χ3v) is 3.65. The van der Waals surface area contributed by atoms with Gasteiger partial charge in [0.15, 0.2) is 5.96 Å². The maximum absolute atomic E-state index is 5.92. The van der Waals surface area contributed by atoms with Crippen LogP contribution in [0.2, 0.25) is 0 Å². The van der Waals surface area contributed by atoms with Gasteiger partial charge >= 0.3 is 0 Å². The van der Waals surface area contributed by atoms with Crippen molar-refractivity contribution in [2.75, 3.05) is 13.6 Å². The smallest absolute Gasteiger partial charge is 0.191 e. The molecular formula is C19H28IN3O2. The Morgan fingerprint density at radius 2 is 1.96 bits per heavy atom. The van der Waals surface area contributed by atoms with E-state index < -0.39 is 0 Å². The van der Waals surface area contributed by atoms with E-state index in [1.807, 2.05) is 51.1 Å². The van der Waals surface area contributed by atoms with Crippen LogP contribution >= 0.6 is 24.0 Å². The Morgan fingerprint density at radius 1 is 1.20 bits per heavy atom. The van der Waals surface area contributed by atoms with E-state index in [0.717, 1.165) is 23.2 Å². The number of guanidine groups is 1. The summed E-state index contributed by atoms with van der Waals surface area (Å²) < 4.78 is 11.6. The maximum Gasteiger partial charge on any atom is 0.191 e. The molecule has 138 valence electrons. The molecule has 5 nitrogen and oxygen atoms in total. The molecule has 6 heteroatoms. The molecule has 0 amide bonds. The van der Waals surface area contributed by atoms with E-state index in [2.05, 4.69) is 28.6 Å². The molecule has 2 atom stereocenters. The highest BCUT2D eigenvalue weighted by atomic mass is 127. The van der Waals surface area contributed by atoms with E-state index in [9.17, 15) is 0 Å². The van der Waals surface area contributed by atoms with E-state index in [4.69, 9.17) is 9.15 Å². The molecule has 0 radical (unpaired) electrons. The fourth-order valence-corrected chi connectivity index (χ4v) is 2.36. The SMILES string of the molecule is CN=C(NCC(C)Oc1cccc(C)c1)NC(C)c1ccc(C)o1.I. The van der Waals surface area contributed by atoms with Gasteiger partial charge in [-0.2, -0.15) is 0 Å². The van der Waals surface area contributed by atoms with Crippen LogP contribution in [0.3, 0.4) is 0 Å². The number of ether oxygens (including phenoxy) is 1. The van der Waals surface area contributed by atoms with Crippen LogP contribution in [0.4, 0.5) is 0 Å². The van der Waals surface area contributed by atoms with Crippen molar-refractivity contribution in [3.63, 3.8) is 0 Å². The molecule has 1 aromatic heterocycles. The van der Waals surface area contributed by atoms with E-state index in [-0.39, 0.29) is 36.1 Å². The third kappa shape index (κ3) is 6.97. The zero-order valence-corrected chi connectivity index (χ0v) is 17.8. The van der Waals surface area contributed by atoms with Crippen LogP contribution in [-0.2, 0) is 0 Å². The minimum Gasteiger partial charge on any atom is -0.489 e. The van der Waals surface area contributed by atoms with Gasteiger partial charge in [-0.25, -0.2) is 0 Å². The van der Waals surface area contributed by atoms with Crippen LogP contribution in [0.5, 0.6) is 5.75 Å². The number of halogens is 1. The van der Waals surface area contributed by atoms with E-state index in [1.54, 1.807) is 7.05 Å². The summed E-state index contributed by atoms with van der Waals surface area (Å²) in [5, 5.41) is 6.60. The second-order valence-electron chi connectivity index (χ2n) is 6.01. The molecule has 2 rings (SSSR count). The molecule has 25 heavy (non-hydrogen) atoms. The van der Waals surface area contributed by atoms with Gasteiger partial charge in [0.05, 0.1) is 12.6 Å². The summed E-state index contributed by atoms with van der Waals surface area (Å²) in [7, 11) is 1.75. The predicted octanol–water partition coefficient (Wildman–Crippen LogP) is 4.21. The quantitative estimate of drug-likeness (QED) is 0.388. The van der Waals surface area contributed by atoms with Crippen molar-refractivity contribution in [2.45, 2.75) is 39.8 Å². The van der Waals surface area contributed by atoms with Crippen molar-refractivity contribution in [3.8, 4) is 5.75 Å². The summed E-state index contributed by atoms with van der Waals surface area (Å²) in [5.41, 5.74) is 1.19. The van der Waals surface area contributed by atoms with Crippen LogP contribution in [0.25, 0.3) is 0 Å². The highest BCUT2D eigenvalue weighted by Crippen LogP contribution is 2.15. The topological polar surface area (TPSA) is 58.8 Å². The van der Waals surface area contributed by atoms with E-state index in [1.165, 1.54) is 5.56 Å². The van der Waals surface area contributed by atoms with Crippen molar-refractivity contribution in [1.82, 2.24) is 10.6 Å². The lowest BCUT2D eigenvalue weighted by Gasteiger charge is -2.20. The average Bonchev–Trinajstić information content (AvgIpc) is 2.98. The van der Waals surface area contributed by atoms with Crippen molar-refractivity contribution in [3.05, 3.63) is 53.5 Å². The summed E-state index contributed by atoms with van der Waals surface area (Å²) in [6.45, 7) is 8.71. The number of nitrogens with zero attached hydrogens (tertiary/aromatic N) is 1. The van der Waals surface area contributed by atoms with E-state index >= 15 is 0 Å². The summed E-state index contributed by atoms with van der Waals surface area (Å²) in [5.74, 6) is 3.39. The van der Waals surface area contributed by atoms with Crippen LogP contribution < -0.4 is 15.4 Å². The second kappa shape index (κ2) is 10.3. The number of aryl methyl sites for hydroxylation is 2. The van der Waals surface area contributed by atoms with Gasteiger partial charge in [-0.1, -0.05) is 12.1 Å². The molecule has 2 unspecified atom stereocenters. The van der Waals surface area contributed by atoms with Gasteiger partial charge in [-0.05, 0) is 57.5 Å². The summed E-state index contributed by atoms with van der Waals surface area (Å²) in [4.78, 5) is 4.25. The number of nitrogens with one attached hydrogen (secondary N) is 2. The summed E-state index contributed by atoms with van der Waals surface area (Å²) in [6.07, 6.45) is 0.0199. The normalized spacial score (nSPS) is 13.6. The number of hydrogen-bond donors (Lipinski definition) is 2. The lowest BCUT2D eigenvalue weighted by molar-refractivity contribution is 0.223. The van der Waals surface area contributed by atoms with Gasteiger partial charge in [0.25, 0.3) is 0 Å². The van der Waals surface area contributed by atoms with Gasteiger partial charge in [0, 0.05) is 7.05 Å². The fourth-order valence-electron chi connectivity index (χ4n) is 2.36. The standard InChI is InChI=1S/C19H27N3O2.HI/c1-13-7-6-8-17(11-13)23-15(3)12-21-19(20-5)22-16(4)18-10-9-14(2)24-18;/h6-11,15-16H,12H2,1-5H3,(H2,20,21,22);1H. The van der Waals surface area contributed by atoms with Crippen LogP contribution in [0, 0.1) is 13.8 Å². The van der Waals surface area contributed by atoms with Gasteiger partial charge in [-0.15, -0.1) is 24.0 Å². The molecule has 1 heterocycles. The Kier molecular flexibility index (Phi) is 8.82. The monoisotopic (exact) mass is 457 g/mol. The van der Waals surface area contributed by atoms with Crippen molar-refractivity contribution in [2.24, 2.45) is 4.99 Å². The first-order valence-corrected chi connectivity index (χ1v) is 8.24. The summed E-state index contributed by atoms with van der Waals surface area (Å²) >= 11 is 0. The van der Waals surface area contributed by atoms with Crippen LogP contribution in [0.1, 0.15) is 37.0 Å². The molecule has 0 bridgehead atoms. The molecule has 0 aliphatic rings. The van der Waals surface area contributed by atoms with Crippen molar-refractivity contribution >= 4 is 29.9 Å². The van der Waals surface area contributed by atoms with Crippen molar-refractivity contribution in [1.29, 1.82) is 0 Å². The van der Waals surface area contributed by atoms with Gasteiger partial charge in [-0.3, -0.25) is 4.99 Å². The Labute approximate surface area is 167 Å². The fraction of sp³-hybridized carbons (Fsp3) is 0.421. The maximum atomic E-state index is 5.92. The minimum atomic E-state index is 0. The molecule has 1 aromatic carbocycles. The number of aliphatic imine (C=N–C) groups is 1. The second-order valence-corrected chi connectivity index (χ2v) is 6.01. The zero-order valence-electron chi connectivity index (χ0n) is 15.5. The minimum absolute atomic E-state index is 0. The zero-order chi connectivity index (χ0) is 17.5. The van der Waals surface area contributed by atoms with E-state index in [0.29, 0.717) is 6.54 Å². The first-order chi connectivity index (χ1) is 11.5. The largest absolute Gasteiger partial charge is 0.489 e. The molecule has 2 N–H and O–H groups in total. The Balaban J connectivity index is 0.00000312. The highest BCUT2D eigenvalue weighted by molar-refractivity contribution is 14.0. The molecule has 0 saturated carbocycles. The molecule has 0 aliphatic heterocycles. The van der Waals surface area contributed by atoms with Gasteiger partial charge in [0.1, 0.15) is 23.4 Å². The van der Waals surface area contributed by atoms with Gasteiger partial charge in [0.2, 0.25) is 0 Å². The molecule has 0 spiro atoms.